The molecule has 0 bridgehead atoms. The molecule has 1 aromatic rings. The van der Waals surface area contributed by atoms with E-state index >= 15 is 0 Å². The molecule has 2 amide bonds. The topological polar surface area (TPSA) is 89.6 Å². The first-order chi connectivity index (χ1) is 15.2. The van der Waals surface area contributed by atoms with Crippen LogP contribution in [0.25, 0.3) is 0 Å². The number of alkyl carbamates (subject to hydrolysis) is 1. The van der Waals surface area contributed by atoms with Crippen molar-refractivity contribution in [3.63, 3.8) is 0 Å². The molecular weight excluding hydrogens is 433 g/mol. The number of hydrogen-bond donors (Lipinski definition) is 2. The minimum Gasteiger partial charge on any atom is -0.474 e. The third-order valence-electron chi connectivity index (χ3n) is 5.63. The van der Waals surface area contributed by atoms with E-state index < -0.39 is 17.5 Å². The van der Waals surface area contributed by atoms with Crippen LogP contribution in [0.5, 0.6) is 5.88 Å². The number of ether oxygens (including phenoxy) is 2. The van der Waals surface area contributed by atoms with Gasteiger partial charge < -0.3 is 20.1 Å². The zero-order chi connectivity index (χ0) is 23.1. The van der Waals surface area contributed by atoms with Crippen molar-refractivity contribution < 1.29 is 23.5 Å². The van der Waals surface area contributed by atoms with Crippen molar-refractivity contribution in [2.75, 3.05) is 18.1 Å². The van der Waals surface area contributed by atoms with E-state index in [9.17, 15) is 14.0 Å². The lowest BCUT2D eigenvalue weighted by atomic mass is 9.86. The summed E-state index contributed by atoms with van der Waals surface area (Å²) in [4.78, 5) is 28.7. The molecule has 3 rings (SSSR count). The fourth-order valence-corrected chi connectivity index (χ4v) is 5.02. The van der Waals surface area contributed by atoms with Crippen LogP contribution in [0.1, 0.15) is 69.7 Å². The monoisotopic (exact) mass is 467 g/mol. The number of thioether (sulfide) groups is 1. The van der Waals surface area contributed by atoms with Gasteiger partial charge in [0.05, 0.1) is 6.20 Å². The summed E-state index contributed by atoms with van der Waals surface area (Å²) in [7, 11) is 0. The standard InChI is InChI=1S/C23H34FN3O4S/c1-23(2,3)31-22(29)27-17-6-4-15(5-7-17)13-25-20(28)19-12-16(24)14-26-21(19)30-18-8-10-32-11-9-18/h12,14-15,17-18H,4-11,13H2,1-3H3,(H,25,28)(H,27,29). The maximum atomic E-state index is 13.8. The van der Waals surface area contributed by atoms with Gasteiger partial charge in [-0.15, -0.1) is 0 Å². The van der Waals surface area contributed by atoms with Crippen molar-refractivity contribution in [1.29, 1.82) is 0 Å². The Labute approximate surface area is 193 Å². The Morgan fingerprint density at radius 2 is 1.84 bits per heavy atom. The summed E-state index contributed by atoms with van der Waals surface area (Å²) < 4.78 is 25.0. The van der Waals surface area contributed by atoms with Gasteiger partial charge in [-0.2, -0.15) is 11.8 Å². The fourth-order valence-electron chi connectivity index (χ4n) is 3.95. The smallest absolute Gasteiger partial charge is 0.407 e. The highest BCUT2D eigenvalue weighted by Gasteiger charge is 2.26. The summed E-state index contributed by atoms with van der Waals surface area (Å²) in [6, 6.07) is 1.27. The lowest BCUT2D eigenvalue weighted by Crippen LogP contribution is -2.42. The van der Waals surface area contributed by atoms with Gasteiger partial charge in [-0.05, 0) is 82.8 Å². The van der Waals surface area contributed by atoms with Gasteiger partial charge in [-0.1, -0.05) is 0 Å². The number of hydrogen-bond acceptors (Lipinski definition) is 6. The highest BCUT2D eigenvalue weighted by atomic mass is 32.2. The van der Waals surface area contributed by atoms with Crippen LogP contribution in [-0.4, -0.2) is 52.8 Å². The van der Waals surface area contributed by atoms with Gasteiger partial charge in [0.2, 0.25) is 5.88 Å². The predicted octanol–water partition coefficient (Wildman–Crippen LogP) is 4.31. The first-order valence-electron chi connectivity index (χ1n) is 11.4. The van der Waals surface area contributed by atoms with Gasteiger partial charge in [-0.3, -0.25) is 4.79 Å². The van der Waals surface area contributed by atoms with Crippen LogP contribution < -0.4 is 15.4 Å². The molecule has 2 aliphatic rings. The molecule has 9 heteroatoms. The minimum absolute atomic E-state index is 0.00788. The largest absolute Gasteiger partial charge is 0.474 e. The molecule has 0 atom stereocenters. The number of amides is 2. The number of carbonyl (C=O) groups excluding carboxylic acids is 2. The van der Waals surface area contributed by atoms with Crippen molar-refractivity contribution >= 4 is 23.8 Å². The van der Waals surface area contributed by atoms with Crippen LogP contribution in [0.4, 0.5) is 9.18 Å². The normalized spacial score (nSPS) is 22.1. The van der Waals surface area contributed by atoms with E-state index in [-0.39, 0.29) is 29.5 Å². The SMILES string of the molecule is CC(C)(C)OC(=O)NC1CCC(CNC(=O)c2cc(F)cnc2OC2CCSCC2)CC1. The van der Waals surface area contributed by atoms with E-state index in [0.29, 0.717) is 12.5 Å². The van der Waals surface area contributed by atoms with E-state index in [2.05, 4.69) is 15.6 Å². The molecule has 2 heterocycles. The van der Waals surface area contributed by atoms with Crippen molar-refractivity contribution in [1.82, 2.24) is 15.6 Å². The molecular formula is C23H34FN3O4S. The Morgan fingerprint density at radius 3 is 2.50 bits per heavy atom. The third-order valence-corrected chi connectivity index (χ3v) is 6.68. The van der Waals surface area contributed by atoms with Crippen molar-refractivity contribution in [2.45, 2.75) is 77.0 Å². The lowest BCUT2D eigenvalue weighted by Gasteiger charge is -2.30. The van der Waals surface area contributed by atoms with Crippen LogP contribution >= 0.6 is 11.8 Å². The quantitative estimate of drug-likeness (QED) is 0.648. The molecule has 1 aromatic heterocycles. The first-order valence-corrected chi connectivity index (χ1v) is 12.5. The number of nitrogens with zero attached hydrogens (tertiary/aromatic N) is 1. The zero-order valence-electron chi connectivity index (χ0n) is 19.1. The Bertz CT molecular complexity index is 788. The van der Waals surface area contributed by atoms with E-state index in [4.69, 9.17) is 9.47 Å². The predicted molar refractivity (Wildman–Crippen MR) is 123 cm³/mol. The second kappa shape index (κ2) is 11.2. The molecule has 2 N–H and O–H groups in total. The zero-order valence-corrected chi connectivity index (χ0v) is 19.9. The Morgan fingerprint density at radius 1 is 1.16 bits per heavy atom. The molecule has 1 saturated carbocycles. The van der Waals surface area contributed by atoms with Gasteiger partial charge in [0.15, 0.2) is 0 Å². The molecule has 7 nitrogen and oxygen atoms in total. The Kier molecular flexibility index (Phi) is 8.62. The van der Waals surface area contributed by atoms with Crippen LogP contribution in [0.15, 0.2) is 12.3 Å². The second-order valence-corrected chi connectivity index (χ2v) is 10.7. The lowest BCUT2D eigenvalue weighted by molar-refractivity contribution is 0.0487. The summed E-state index contributed by atoms with van der Waals surface area (Å²) in [6.07, 6.45) is 5.91. The van der Waals surface area contributed by atoms with E-state index in [0.717, 1.165) is 56.2 Å². The van der Waals surface area contributed by atoms with Gasteiger partial charge in [0.25, 0.3) is 5.91 Å². The summed E-state index contributed by atoms with van der Waals surface area (Å²) in [5, 5.41) is 5.84. The molecule has 1 saturated heterocycles. The highest BCUT2D eigenvalue weighted by Crippen LogP contribution is 2.26. The fraction of sp³-hybridized carbons (Fsp3) is 0.696. The van der Waals surface area contributed by atoms with E-state index in [1.54, 1.807) is 0 Å². The number of carbonyl (C=O) groups is 2. The van der Waals surface area contributed by atoms with Crippen molar-refractivity contribution in [2.24, 2.45) is 5.92 Å². The van der Waals surface area contributed by atoms with E-state index in [1.807, 2.05) is 32.5 Å². The minimum atomic E-state index is -0.560. The van der Waals surface area contributed by atoms with Gasteiger partial charge in [-0.25, -0.2) is 14.2 Å². The average Bonchev–Trinajstić information content (AvgIpc) is 2.73. The molecule has 32 heavy (non-hydrogen) atoms. The average molecular weight is 468 g/mol. The van der Waals surface area contributed by atoms with E-state index in [1.165, 1.54) is 6.07 Å². The summed E-state index contributed by atoms with van der Waals surface area (Å²) in [5.41, 5.74) is -0.376. The highest BCUT2D eigenvalue weighted by molar-refractivity contribution is 7.99. The van der Waals surface area contributed by atoms with Gasteiger partial charge >= 0.3 is 6.09 Å². The second-order valence-electron chi connectivity index (χ2n) is 9.51. The first kappa shape index (κ1) is 24.6. The molecule has 178 valence electrons. The van der Waals surface area contributed by atoms with Crippen LogP contribution in [0.2, 0.25) is 0 Å². The molecule has 0 radical (unpaired) electrons. The number of pyridine rings is 1. The van der Waals surface area contributed by atoms with Crippen LogP contribution in [0, 0.1) is 11.7 Å². The number of rotatable bonds is 6. The number of aromatic nitrogens is 1. The van der Waals surface area contributed by atoms with Gasteiger partial charge in [0, 0.05) is 12.6 Å². The number of nitrogens with one attached hydrogen (secondary N) is 2. The van der Waals surface area contributed by atoms with Crippen molar-refractivity contribution in [3.05, 3.63) is 23.6 Å². The molecule has 1 aliphatic carbocycles. The summed E-state index contributed by atoms with van der Waals surface area (Å²) in [5.74, 6) is 1.60. The summed E-state index contributed by atoms with van der Waals surface area (Å²) in [6.45, 7) is 6.01. The Balaban J connectivity index is 1.47. The number of halogens is 1. The molecule has 0 unspecified atom stereocenters. The summed E-state index contributed by atoms with van der Waals surface area (Å²) >= 11 is 1.88. The maximum Gasteiger partial charge on any atom is 0.407 e. The van der Waals surface area contributed by atoms with Crippen molar-refractivity contribution in [3.8, 4) is 5.88 Å². The third kappa shape index (κ3) is 7.83. The van der Waals surface area contributed by atoms with Gasteiger partial charge in [0.1, 0.15) is 23.1 Å². The van der Waals surface area contributed by atoms with Crippen LogP contribution in [-0.2, 0) is 4.74 Å². The Hall–Kier alpha value is -2.03. The molecule has 0 spiro atoms. The molecule has 1 aliphatic heterocycles. The molecule has 2 fully saturated rings. The maximum absolute atomic E-state index is 13.8. The van der Waals surface area contributed by atoms with Crippen LogP contribution in [0.3, 0.4) is 0 Å². The molecule has 0 aromatic carbocycles.